The van der Waals surface area contributed by atoms with Gasteiger partial charge in [0.05, 0.1) is 79.0 Å². The molecule has 8 aromatic carbocycles. The molecule has 17 rings (SSSR count). The third kappa shape index (κ3) is 12.9. The van der Waals surface area contributed by atoms with Crippen LogP contribution in [0.4, 0.5) is 132 Å². The van der Waals surface area contributed by atoms with Gasteiger partial charge in [-0.25, -0.2) is 152 Å². The van der Waals surface area contributed by atoms with Crippen molar-refractivity contribution in [3.05, 3.63) is 444 Å². The Kier molecular flexibility index (Phi) is 20.5. The molecule has 0 spiro atoms. The predicted molar refractivity (Wildman–Crippen MR) is 392 cm³/mol. The maximum atomic E-state index is 16.8. The zero-order valence-electron chi connectivity index (χ0n) is 61.1. The molecular formula is C88H30F30N8. The normalized spacial score (nSPS) is 14.8. The van der Waals surface area contributed by atoms with Crippen molar-refractivity contribution < 1.29 is 132 Å². The first-order valence-corrected chi connectivity index (χ1v) is 35.6. The van der Waals surface area contributed by atoms with Crippen molar-refractivity contribution in [2.24, 2.45) is 20.0 Å². The lowest BCUT2D eigenvalue weighted by molar-refractivity contribution is 0.376. The summed E-state index contributed by atoms with van der Waals surface area (Å²) in [4.78, 5) is 27.1. The molecule has 0 fully saturated rings. The van der Waals surface area contributed by atoms with Crippen molar-refractivity contribution >= 4 is 67.4 Å². The third-order valence-electron chi connectivity index (χ3n) is 20.4. The first-order chi connectivity index (χ1) is 60.0. The van der Waals surface area contributed by atoms with E-state index in [-0.39, 0.29) is 22.3 Å². The summed E-state index contributed by atoms with van der Waals surface area (Å²) in [6.45, 7) is 0. The maximum Gasteiger partial charge on any atom is 0.200 e. The number of aliphatic imine (C=N–C) groups is 4. The number of H-pyrrole nitrogens is 4. The van der Waals surface area contributed by atoms with E-state index in [1.54, 1.807) is 0 Å². The smallest absolute Gasteiger partial charge is 0.200 e. The molecular weight excluding hydrogens is 1740 g/mol. The highest BCUT2D eigenvalue weighted by Gasteiger charge is 2.41. The second-order valence-corrected chi connectivity index (χ2v) is 27.4. The molecule has 5 aliphatic heterocycles. The number of rotatable bonds is 8. The molecule has 9 heterocycles. The monoisotopic (exact) mass is 1770 g/mol. The molecule has 0 saturated carbocycles. The van der Waals surface area contributed by atoms with Gasteiger partial charge in [0.1, 0.15) is 0 Å². The van der Waals surface area contributed by atoms with Gasteiger partial charge < -0.3 is 19.9 Å². The second kappa shape index (κ2) is 31.0. The summed E-state index contributed by atoms with van der Waals surface area (Å²) in [7, 11) is 0. The molecule has 0 aliphatic carbocycles. The Morgan fingerprint density at radius 3 is 0.516 bits per heavy atom. The zero-order valence-corrected chi connectivity index (χ0v) is 61.1. The van der Waals surface area contributed by atoms with Crippen molar-refractivity contribution in [2.45, 2.75) is 0 Å². The lowest BCUT2D eigenvalue weighted by atomic mass is 9.98. The molecule has 0 unspecified atom stereocenters. The molecule has 126 heavy (non-hydrogen) atoms. The number of benzene rings is 8. The number of aromatic nitrogens is 4. The minimum Gasteiger partial charge on any atom is -0.354 e. The van der Waals surface area contributed by atoms with Gasteiger partial charge in [-0.3, -0.25) is 0 Å². The number of halogens is 30. The van der Waals surface area contributed by atoms with Crippen molar-refractivity contribution in [3.63, 3.8) is 0 Å². The van der Waals surface area contributed by atoms with Crippen LogP contribution >= 0.6 is 0 Å². The van der Waals surface area contributed by atoms with Crippen LogP contribution in [0.25, 0.3) is 44.6 Å². The highest BCUT2D eigenvalue weighted by molar-refractivity contribution is 6.33. The van der Waals surface area contributed by atoms with Gasteiger partial charge in [0.25, 0.3) is 0 Å². The minimum absolute atomic E-state index is 0.0992. The number of nitrogens with zero attached hydrogens (tertiary/aromatic N) is 4. The van der Waals surface area contributed by atoms with Gasteiger partial charge in [0.2, 0.25) is 34.9 Å². The van der Waals surface area contributed by atoms with E-state index in [0.717, 1.165) is 48.6 Å². The largest absolute Gasteiger partial charge is 0.354 e. The van der Waals surface area contributed by atoms with Crippen LogP contribution in [0.3, 0.4) is 0 Å². The summed E-state index contributed by atoms with van der Waals surface area (Å²) in [6, 6.07) is 18.9. The molecule has 4 N–H and O–H groups in total. The lowest BCUT2D eigenvalue weighted by Crippen LogP contribution is -2.23. The van der Waals surface area contributed by atoms with Crippen LogP contribution in [-0.2, 0) is 0 Å². The van der Waals surface area contributed by atoms with Crippen LogP contribution in [0.2, 0.25) is 0 Å². The summed E-state index contributed by atoms with van der Waals surface area (Å²) >= 11 is 0. The fraction of sp³-hybridized carbons (Fsp3) is 0. The van der Waals surface area contributed by atoms with E-state index in [1.807, 2.05) is 0 Å². The van der Waals surface area contributed by atoms with Crippen molar-refractivity contribution in [1.82, 2.24) is 19.9 Å². The van der Waals surface area contributed by atoms with Crippen LogP contribution < -0.4 is 21.4 Å². The number of aromatic amines is 4. The van der Waals surface area contributed by atoms with Gasteiger partial charge in [-0.15, -0.1) is 0 Å². The van der Waals surface area contributed by atoms with Crippen LogP contribution in [0, 0.1) is 175 Å². The summed E-state index contributed by atoms with van der Waals surface area (Å²) in [6.07, 6.45) is 5.60. The molecule has 38 heteroatoms. The Hall–Kier alpha value is -15.1. The number of allylic oxidation sites excluding steroid dienone is 8. The second-order valence-electron chi connectivity index (χ2n) is 27.4. The number of hydrogen-bond donors (Lipinski definition) is 4. The molecule has 5 aliphatic rings. The molecule has 16 bridgehead atoms. The van der Waals surface area contributed by atoms with E-state index >= 15 is 132 Å². The Balaban J connectivity index is 1.05. The van der Waals surface area contributed by atoms with E-state index in [2.05, 4.69) is 39.9 Å². The average molecular weight is 1770 g/mol. The SMILES string of the molecule is Fc1c(F)c(F)c(C2=C3C=CC(=N3)C(c3ccccc3)=c3ccc([nH]3)=C(c3c(F)c(F)c(F)c(F)c3F)C3=NC(=C(c4c(F)c(F)c(F)c(F)c4F)c4ccc([nH]4)C(c4c(F)c(F)c(F)c(F)c4F)=C4C=CC(=N4)C(c4ccccc4)=c4ccc([nH]4)=C(c4c(F)c(F)c(F)c(F)c4F)C4=NC(=C(c5c(F)c(F)c(F)c(F)c5F)c5ccc2[nH]5)C=C4)C=C3)c(F)c1F. The standard InChI is InChI=1S/C88H30F30N8/c89-59-53(60(90)72(102)83(113)71(59)101)47-33-15-11-29(119-33)45(27-7-3-1-4-8-27)30-12-16-34(120-30)48(54-61(91)73(103)84(114)74(104)62(54)92)38-20-24-42(124-38)52(58-69(99)81(111)88(118)82(112)70(58)100)44-26-22-40(126-44)50(56-65(95)77(107)86(116)78(108)66(56)96)36-18-14-32(122-36)46(28-9-5-2-6-10-28)31-13-17-35(121-31)49(55-63(93)75(105)85(115)76(106)64(55)94)39-21-25-43(125-39)51(41-23-19-37(47)123-41)57-67(97)79(109)87(117)80(110)68(57)98/h1-26,119,122,124-125H. The molecule has 632 valence electrons. The fourth-order valence-corrected chi connectivity index (χ4v) is 14.8. The first-order valence-electron chi connectivity index (χ1n) is 35.6. The van der Waals surface area contributed by atoms with Gasteiger partial charge in [-0.2, -0.15) is 0 Å². The fourth-order valence-electron chi connectivity index (χ4n) is 14.8. The summed E-state index contributed by atoms with van der Waals surface area (Å²) in [5.74, 6) is -81.9. The molecule has 12 aromatic rings. The Bertz CT molecular complexity index is 7050. The summed E-state index contributed by atoms with van der Waals surface area (Å²) in [5.41, 5.74) is -32.8. The third-order valence-corrected chi connectivity index (χ3v) is 20.4. The topological polar surface area (TPSA) is 113 Å². The van der Waals surface area contributed by atoms with Crippen LogP contribution in [0.15, 0.2) is 201 Å². The summed E-state index contributed by atoms with van der Waals surface area (Å²) < 4.78 is 483. The maximum absolute atomic E-state index is 16.8. The highest BCUT2D eigenvalue weighted by atomic mass is 19.2. The van der Waals surface area contributed by atoms with Gasteiger partial charge >= 0.3 is 0 Å². The number of hydrogen-bond acceptors (Lipinski definition) is 4. The van der Waals surface area contributed by atoms with Gasteiger partial charge in [-0.05, 0) is 108 Å². The van der Waals surface area contributed by atoms with Crippen molar-refractivity contribution in [2.75, 3.05) is 0 Å². The van der Waals surface area contributed by atoms with E-state index in [0.29, 0.717) is 48.6 Å². The molecule has 0 radical (unpaired) electrons. The van der Waals surface area contributed by atoms with Gasteiger partial charge in [0, 0.05) is 88.8 Å². The highest BCUT2D eigenvalue weighted by Crippen LogP contribution is 2.46. The van der Waals surface area contributed by atoms with E-state index in [1.165, 1.54) is 60.7 Å². The average Bonchev–Trinajstić information content (AvgIpc) is 1.59. The Morgan fingerprint density at radius 1 is 0.151 bits per heavy atom. The van der Waals surface area contributed by atoms with Crippen LogP contribution in [0.5, 0.6) is 0 Å². The van der Waals surface area contributed by atoms with E-state index in [4.69, 9.17) is 0 Å². The molecule has 0 atom stereocenters. The Morgan fingerprint density at radius 2 is 0.317 bits per heavy atom. The summed E-state index contributed by atoms with van der Waals surface area (Å²) in [5, 5.41) is -2.70. The Labute approximate surface area is 680 Å². The number of nitrogens with one attached hydrogen (secondary N) is 4. The lowest BCUT2D eigenvalue weighted by Gasteiger charge is -2.15. The first kappa shape index (κ1) is 83.1. The predicted octanol–water partition coefficient (Wildman–Crippen LogP) is 20.2. The minimum atomic E-state index is -2.84. The van der Waals surface area contributed by atoms with Crippen molar-refractivity contribution in [1.29, 1.82) is 0 Å². The van der Waals surface area contributed by atoms with Crippen LogP contribution in [-0.4, -0.2) is 42.8 Å². The molecule has 4 aromatic heterocycles. The van der Waals surface area contributed by atoms with Crippen molar-refractivity contribution in [3.8, 4) is 0 Å². The zero-order chi connectivity index (χ0) is 89.8. The molecule has 8 nitrogen and oxygen atoms in total. The number of fused-ring (bicyclic) bond motifs is 12. The molecule has 0 amide bonds. The van der Waals surface area contributed by atoms with Gasteiger partial charge in [-0.1, -0.05) is 60.7 Å². The molecule has 0 saturated heterocycles. The van der Waals surface area contributed by atoms with E-state index < -0.39 is 331 Å². The van der Waals surface area contributed by atoms with Crippen LogP contribution in [0.1, 0.15) is 67.3 Å². The van der Waals surface area contributed by atoms with Gasteiger partial charge in [0.15, 0.2) is 140 Å². The van der Waals surface area contributed by atoms with E-state index in [9.17, 15) is 0 Å². The quantitative estimate of drug-likeness (QED) is 0.0660.